The van der Waals surface area contributed by atoms with Crippen molar-refractivity contribution in [3.63, 3.8) is 0 Å². The first-order valence-electron chi connectivity index (χ1n) is 7.48. The molecule has 0 unspecified atom stereocenters. The highest BCUT2D eigenvalue weighted by Crippen LogP contribution is 2.35. The van der Waals surface area contributed by atoms with Crippen LogP contribution in [-0.2, 0) is 5.54 Å². The van der Waals surface area contributed by atoms with Crippen molar-refractivity contribution < 1.29 is 9.32 Å². The van der Waals surface area contributed by atoms with Crippen LogP contribution in [0.5, 0.6) is 0 Å². The number of amides is 1. The highest BCUT2D eigenvalue weighted by atomic mass is 79.9. The molecule has 3 rings (SSSR count). The lowest BCUT2D eigenvalue weighted by molar-refractivity contribution is 0.0881. The van der Waals surface area contributed by atoms with Gasteiger partial charge in [-0.2, -0.15) is 4.98 Å². The number of rotatable bonds is 3. The quantitative estimate of drug-likeness (QED) is 0.806. The summed E-state index contributed by atoms with van der Waals surface area (Å²) < 4.78 is 6.10. The fraction of sp³-hybridized carbons (Fsp3) is 0.533. The normalized spacial score (nSPS) is 17.9. The van der Waals surface area contributed by atoms with E-state index in [1.165, 1.54) is 24.2 Å². The molecule has 1 saturated carbocycles. The molecule has 0 spiro atoms. The molecule has 0 aliphatic heterocycles. The van der Waals surface area contributed by atoms with Crippen LogP contribution in [0, 0.1) is 6.92 Å². The van der Waals surface area contributed by atoms with E-state index in [1.54, 1.807) is 6.92 Å². The minimum Gasteiger partial charge on any atom is -0.340 e. The molecule has 1 N–H and O–H groups in total. The highest BCUT2D eigenvalue weighted by molar-refractivity contribution is 9.11. The van der Waals surface area contributed by atoms with E-state index in [1.807, 2.05) is 12.1 Å². The molecule has 2 aromatic rings. The van der Waals surface area contributed by atoms with Gasteiger partial charge in [-0.05, 0) is 40.9 Å². The van der Waals surface area contributed by atoms with Gasteiger partial charge in [-0.15, -0.1) is 11.3 Å². The zero-order valence-electron chi connectivity index (χ0n) is 12.4. The van der Waals surface area contributed by atoms with Gasteiger partial charge in [-0.25, -0.2) is 0 Å². The SMILES string of the molecule is Cc1nc(C2(NC(=O)c3ccc(Br)s3)CCCCCC2)no1. The van der Waals surface area contributed by atoms with Crippen LogP contribution < -0.4 is 5.32 Å². The van der Waals surface area contributed by atoms with Gasteiger partial charge in [0.15, 0.2) is 5.82 Å². The second kappa shape index (κ2) is 6.50. The summed E-state index contributed by atoms with van der Waals surface area (Å²) in [6.07, 6.45) is 6.18. The molecular formula is C15H18BrN3O2S. The van der Waals surface area contributed by atoms with Crippen molar-refractivity contribution in [2.75, 3.05) is 0 Å². The number of thiophene rings is 1. The number of hydrogen-bond donors (Lipinski definition) is 1. The van der Waals surface area contributed by atoms with Gasteiger partial charge >= 0.3 is 0 Å². The zero-order chi connectivity index (χ0) is 15.6. The van der Waals surface area contributed by atoms with Gasteiger partial charge in [0.2, 0.25) is 5.89 Å². The smallest absolute Gasteiger partial charge is 0.262 e. The predicted molar refractivity (Wildman–Crippen MR) is 87.9 cm³/mol. The Morgan fingerprint density at radius 3 is 2.59 bits per heavy atom. The van der Waals surface area contributed by atoms with Crippen LogP contribution in [0.25, 0.3) is 0 Å². The second-order valence-corrected chi connectivity index (χ2v) is 8.15. The van der Waals surface area contributed by atoms with Gasteiger partial charge in [0.1, 0.15) is 5.54 Å². The van der Waals surface area contributed by atoms with E-state index < -0.39 is 5.54 Å². The Kier molecular flexibility index (Phi) is 4.63. The van der Waals surface area contributed by atoms with Gasteiger partial charge in [0.05, 0.1) is 8.66 Å². The van der Waals surface area contributed by atoms with Crippen LogP contribution in [0.2, 0.25) is 0 Å². The molecule has 5 nitrogen and oxygen atoms in total. The first-order chi connectivity index (χ1) is 10.6. The van der Waals surface area contributed by atoms with Crippen LogP contribution in [0.4, 0.5) is 0 Å². The average molecular weight is 384 g/mol. The molecule has 0 atom stereocenters. The van der Waals surface area contributed by atoms with E-state index in [2.05, 4.69) is 31.4 Å². The summed E-state index contributed by atoms with van der Waals surface area (Å²) in [5.74, 6) is 1.07. The molecule has 1 fully saturated rings. The Bertz CT molecular complexity index is 659. The van der Waals surface area contributed by atoms with E-state index in [0.29, 0.717) is 16.6 Å². The van der Waals surface area contributed by atoms with E-state index in [0.717, 1.165) is 29.5 Å². The van der Waals surface area contributed by atoms with Crippen LogP contribution in [0.1, 0.15) is 59.9 Å². The molecule has 1 aliphatic carbocycles. The number of carbonyl (C=O) groups excluding carboxylic acids is 1. The predicted octanol–water partition coefficient (Wildman–Crippen LogP) is 4.18. The molecule has 0 bridgehead atoms. The number of aromatic nitrogens is 2. The van der Waals surface area contributed by atoms with Crippen molar-refractivity contribution in [3.8, 4) is 0 Å². The Hall–Kier alpha value is -1.21. The summed E-state index contributed by atoms with van der Waals surface area (Å²) in [4.78, 5) is 17.7. The summed E-state index contributed by atoms with van der Waals surface area (Å²) in [6.45, 7) is 1.78. The summed E-state index contributed by atoms with van der Waals surface area (Å²) in [5, 5.41) is 7.30. The average Bonchev–Trinajstić information content (AvgIpc) is 3.04. The Labute approximate surface area is 141 Å². The summed E-state index contributed by atoms with van der Waals surface area (Å²) in [7, 11) is 0. The zero-order valence-corrected chi connectivity index (χ0v) is 14.8. The molecule has 7 heteroatoms. The Morgan fingerprint density at radius 2 is 2.05 bits per heavy atom. The molecule has 0 radical (unpaired) electrons. The first kappa shape index (κ1) is 15.7. The molecular weight excluding hydrogens is 366 g/mol. The van der Waals surface area contributed by atoms with Gasteiger partial charge < -0.3 is 9.84 Å². The molecule has 0 saturated heterocycles. The van der Waals surface area contributed by atoms with E-state index in [9.17, 15) is 4.79 Å². The minimum absolute atomic E-state index is 0.0694. The van der Waals surface area contributed by atoms with Gasteiger partial charge in [0, 0.05) is 6.92 Å². The van der Waals surface area contributed by atoms with Crippen LogP contribution in [0.15, 0.2) is 20.4 Å². The van der Waals surface area contributed by atoms with Crippen molar-refractivity contribution >= 4 is 33.2 Å². The maximum atomic E-state index is 12.6. The van der Waals surface area contributed by atoms with Crippen molar-refractivity contribution in [1.82, 2.24) is 15.5 Å². The standard InChI is InChI=1S/C15H18BrN3O2S/c1-10-17-14(19-21-10)15(8-4-2-3-5-9-15)18-13(20)11-6-7-12(16)22-11/h6-7H,2-5,8-9H2,1H3,(H,18,20). The first-order valence-corrected chi connectivity index (χ1v) is 9.09. The number of halogens is 1. The number of hydrogen-bond acceptors (Lipinski definition) is 5. The van der Waals surface area contributed by atoms with E-state index in [-0.39, 0.29) is 5.91 Å². The number of nitrogens with zero attached hydrogens (tertiary/aromatic N) is 2. The molecule has 1 amide bonds. The van der Waals surface area contributed by atoms with Crippen molar-refractivity contribution in [1.29, 1.82) is 0 Å². The van der Waals surface area contributed by atoms with Crippen molar-refractivity contribution in [2.24, 2.45) is 0 Å². The fourth-order valence-corrected chi connectivity index (χ4v) is 4.23. The largest absolute Gasteiger partial charge is 0.340 e. The topological polar surface area (TPSA) is 68.0 Å². The Balaban J connectivity index is 1.89. The molecule has 0 aromatic carbocycles. The van der Waals surface area contributed by atoms with E-state index >= 15 is 0 Å². The van der Waals surface area contributed by atoms with Crippen LogP contribution in [-0.4, -0.2) is 16.0 Å². The fourth-order valence-electron chi connectivity index (χ4n) is 2.95. The molecule has 118 valence electrons. The molecule has 22 heavy (non-hydrogen) atoms. The molecule has 2 aromatic heterocycles. The lowest BCUT2D eigenvalue weighted by Crippen LogP contribution is -2.46. The third-order valence-corrected chi connectivity index (χ3v) is 5.68. The monoisotopic (exact) mass is 383 g/mol. The molecule has 2 heterocycles. The van der Waals surface area contributed by atoms with Crippen molar-refractivity contribution in [3.05, 3.63) is 32.5 Å². The molecule has 1 aliphatic rings. The van der Waals surface area contributed by atoms with Crippen LogP contribution in [0.3, 0.4) is 0 Å². The third-order valence-electron chi connectivity index (χ3n) is 4.06. The lowest BCUT2D eigenvalue weighted by atomic mass is 9.89. The van der Waals surface area contributed by atoms with Crippen molar-refractivity contribution in [2.45, 2.75) is 51.0 Å². The summed E-state index contributed by atoms with van der Waals surface area (Å²) in [6, 6.07) is 3.72. The number of aryl methyl sites for hydroxylation is 1. The second-order valence-electron chi connectivity index (χ2n) is 5.69. The highest BCUT2D eigenvalue weighted by Gasteiger charge is 2.39. The summed E-state index contributed by atoms with van der Waals surface area (Å²) in [5.41, 5.74) is -0.512. The Morgan fingerprint density at radius 1 is 1.32 bits per heavy atom. The van der Waals surface area contributed by atoms with Gasteiger partial charge in [-0.3, -0.25) is 4.79 Å². The maximum Gasteiger partial charge on any atom is 0.262 e. The van der Waals surface area contributed by atoms with Crippen LogP contribution >= 0.6 is 27.3 Å². The number of carbonyl (C=O) groups is 1. The van der Waals surface area contributed by atoms with Gasteiger partial charge in [0.25, 0.3) is 5.91 Å². The lowest BCUT2D eigenvalue weighted by Gasteiger charge is -2.30. The number of nitrogens with one attached hydrogen (secondary N) is 1. The summed E-state index contributed by atoms with van der Waals surface area (Å²) >= 11 is 4.83. The van der Waals surface area contributed by atoms with Gasteiger partial charge in [-0.1, -0.05) is 30.8 Å². The minimum atomic E-state index is -0.512. The maximum absolute atomic E-state index is 12.6. The van der Waals surface area contributed by atoms with E-state index in [4.69, 9.17) is 4.52 Å². The third kappa shape index (κ3) is 3.25.